The van der Waals surface area contributed by atoms with E-state index >= 15 is 0 Å². The Morgan fingerprint density at radius 3 is 2.44 bits per heavy atom. The molecule has 1 saturated carbocycles. The molecule has 16 heavy (non-hydrogen) atoms. The van der Waals surface area contributed by atoms with Gasteiger partial charge in [0.15, 0.2) is 0 Å². The van der Waals surface area contributed by atoms with Crippen LogP contribution in [0.4, 0.5) is 0 Å². The predicted molar refractivity (Wildman–Crippen MR) is 66.6 cm³/mol. The Balaban J connectivity index is 2.20. The lowest BCUT2D eigenvalue weighted by Gasteiger charge is -2.22. The van der Waals surface area contributed by atoms with E-state index < -0.39 is 0 Å². The van der Waals surface area contributed by atoms with Crippen LogP contribution in [0, 0.1) is 5.92 Å². The van der Waals surface area contributed by atoms with Crippen molar-refractivity contribution < 1.29 is 4.84 Å². The maximum absolute atomic E-state index is 5.00. The van der Waals surface area contributed by atoms with Crippen LogP contribution in [-0.4, -0.2) is 12.8 Å². The molecule has 0 radical (unpaired) electrons. The quantitative estimate of drug-likeness (QED) is 0.559. The molecule has 86 valence electrons. The van der Waals surface area contributed by atoms with Crippen LogP contribution in [0.25, 0.3) is 0 Å². The van der Waals surface area contributed by atoms with Gasteiger partial charge in [0.2, 0.25) is 0 Å². The Kier molecular flexibility index (Phi) is 3.97. The molecule has 1 fully saturated rings. The Hall–Kier alpha value is -1.31. The van der Waals surface area contributed by atoms with Gasteiger partial charge in [0.1, 0.15) is 7.11 Å². The molecule has 0 heterocycles. The zero-order chi connectivity index (χ0) is 11.2. The Morgan fingerprint density at radius 2 is 1.81 bits per heavy atom. The van der Waals surface area contributed by atoms with Gasteiger partial charge in [-0.15, -0.1) is 0 Å². The van der Waals surface area contributed by atoms with E-state index in [4.69, 9.17) is 4.84 Å². The van der Waals surface area contributed by atoms with Crippen molar-refractivity contribution in [1.82, 2.24) is 0 Å². The van der Waals surface area contributed by atoms with Crippen LogP contribution in [0.5, 0.6) is 0 Å². The summed E-state index contributed by atoms with van der Waals surface area (Å²) in [6.07, 6.45) is 6.50. The lowest BCUT2D eigenvalue weighted by molar-refractivity contribution is 0.210. The number of benzene rings is 1. The Labute approximate surface area is 97.3 Å². The van der Waals surface area contributed by atoms with Gasteiger partial charge in [-0.3, -0.25) is 0 Å². The first kappa shape index (κ1) is 11.2. The molecular weight excluding hydrogens is 198 g/mol. The molecule has 0 aromatic heterocycles. The zero-order valence-corrected chi connectivity index (χ0v) is 9.86. The highest BCUT2D eigenvalue weighted by atomic mass is 16.6. The predicted octanol–water partition coefficient (Wildman–Crippen LogP) is 3.62. The highest BCUT2D eigenvalue weighted by Crippen LogP contribution is 2.27. The van der Waals surface area contributed by atoms with Crippen molar-refractivity contribution in [2.75, 3.05) is 7.11 Å². The fraction of sp³-hybridized carbons (Fsp3) is 0.500. The molecule has 0 saturated heterocycles. The summed E-state index contributed by atoms with van der Waals surface area (Å²) < 4.78 is 0. The number of hydrogen-bond donors (Lipinski definition) is 0. The van der Waals surface area contributed by atoms with Crippen LogP contribution in [0.15, 0.2) is 35.5 Å². The summed E-state index contributed by atoms with van der Waals surface area (Å²) in [6.45, 7) is 0. The van der Waals surface area contributed by atoms with Gasteiger partial charge < -0.3 is 4.84 Å². The summed E-state index contributed by atoms with van der Waals surface area (Å²) >= 11 is 0. The van der Waals surface area contributed by atoms with Gasteiger partial charge in [-0.25, -0.2) is 0 Å². The molecule has 2 heteroatoms. The molecule has 0 spiro atoms. The van der Waals surface area contributed by atoms with Crippen molar-refractivity contribution in [3.8, 4) is 0 Å². The van der Waals surface area contributed by atoms with E-state index in [0.29, 0.717) is 5.92 Å². The first-order valence-corrected chi connectivity index (χ1v) is 6.08. The average Bonchev–Trinajstić information content (AvgIpc) is 2.38. The first-order chi connectivity index (χ1) is 7.92. The van der Waals surface area contributed by atoms with Crippen LogP contribution < -0.4 is 0 Å². The molecule has 1 aliphatic carbocycles. The standard InChI is InChI=1S/C14H19NO/c1-16-15-14(12-8-4-2-5-9-12)13-10-6-3-7-11-13/h2,4-5,8-9,13H,3,6-7,10-11H2,1H3. The van der Waals surface area contributed by atoms with Crippen molar-refractivity contribution in [2.24, 2.45) is 11.1 Å². The van der Waals surface area contributed by atoms with Crippen molar-refractivity contribution in [2.45, 2.75) is 32.1 Å². The lowest BCUT2D eigenvalue weighted by atomic mass is 9.83. The fourth-order valence-electron chi connectivity index (χ4n) is 2.45. The van der Waals surface area contributed by atoms with Crippen molar-refractivity contribution in [1.29, 1.82) is 0 Å². The molecule has 0 unspecified atom stereocenters. The van der Waals surface area contributed by atoms with E-state index in [-0.39, 0.29) is 0 Å². The van der Waals surface area contributed by atoms with Gasteiger partial charge in [0.05, 0.1) is 5.71 Å². The number of nitrogens with zero attached hydrogens (tertiary/aromatic N) is 1. The Morgan fingerprint density at radius 1 is 1.12 bits per heavy atom. The highest BCUT2D eigenvalue weighted by molar-refractivity contribution is 6.01. The summed E-state index contributed by atoms with van der Waals surface area (Å²) in [5.74, 6) is 0.580. The SMILES string of the molecule is CON=C(c1ccccc1)C1CCCCC1. The zero-order valence-electron chi connectivity index (χ0n) is 9.86. The van der Waals surface area contributed by atoms with Gasteiger partial charge in [0, 0.05) is 5.92 Å². The van der Waals surface area contributed by atoms with Gasteiger partial charge >= 0.3 is 0 Å². The third-order valence-corrected chi connectivity index (χ3v) is 3.25. The molecule has 1 aliphatic rings. The second-order valence-electron chi connectivity index (χ2n) is 4.36. The van der Waals surface area contributed by atoms with Crippen molar-refractivity contribution in [3.05, 3.63) is 35.9 Å². The highest BCUT2D eigenvalue weighted by Gasteiger charge is 2.21. The minimum Gasteiger partial charge on any atom is -0.399 e. The van der Waals surface area contributed by atoms with Gasteiger partial charge in [-0.2, -0.15) is 0 Å². The van der Waals surface area contributed by atoms with Crippen LogP contribution in [0.3, 0.4) is 0 Å². The average molecular weight is 217 g/mol. The maximum atomic E-state index is 5.00. The molecule has 0 amide bonds. The molecule has 0 N–H and O–H groups in total. The van der Waals surface area contributed by atoms with Gasteiger partial charge in [-0.1, -0.05) is 54.8 Å². The minimum absolute atomic E-state index is 0.580. The van der Waals surface area contributed by atoms with Crippen molar-refractivity contribution >= 4 is 5.71 Å². The summed E-state index contributed by atoms with van der Waals surface area (Å²) in [5.41, 5.74) is 2.33. The van der Waals surface area contributed by atoms with Gasteiger partial charge in [-0.05, 0) is 18.4 Å². The van der Waals surface area contributed by atoms with Crippen LogP contribution in [-0.2, 0) is 4.84 Å². The number of oxime groups is 1. The van der Waals surface area contributed by atoms with E-state index in [0.717, 1.165) is 5.71 Å². The summed E-state index contributed by atoms with van der Waals surface area (Å²) in [4.78, 5) is 5.00. The second-order valence-corrected chi connectivity index (χ2v) is 4.36. The number of rotatable bonds is 3. The molecule has 1 aromatic carbocycles. The first-order valence-electron chi connectivity index (χ1n) is 6.08. The van der Waals surface area contributed by atoms with Crippen LogP contribution >= 0.6 is 0 Å². The van der Waals surface area contributed by atoms with E-state index in [1.807, 2.05) is 6.07 Å². The topological polar surface area (TPSA) is 21.6 Å². The summed E-state index contributed by atoms with van der Waals surface area (Å²) in [6, 6.07) is 10.4. The molecule has 1 aromatic rings. The molecule has 0 bridgehead atoms. The van der Waals surface area contributed by atoms with E-state index in [2.05, 4.69) is 29.4 Å². The smallest absolute Gasteiger partial charge is 0.106 e. The van der Waals surface area contributed by atoms with E-state index in [1.54, 1.807) is 7.11 Å². The molecule has 2 nitrogen and oxygen atoms in total. The fourth-order valence-corrected chi connectivity index (χ4v) is 2.45. The second kappa shape index (κ2) is 5.69. The normalized spacial score (nSPS) is 18.4. The molecule has 2 rings (SSSR count). The lowest BCUT2D eigenvalue weighted by Crippen LogP contribution is -2.19. The van der Waals surface area contributed by atoms with Crippen molar-refractivity contribution in [3.63, 3.8) is 0 Å². The molecule has 0 atom stereocenters. The minimum atomic E-state index is 0.580. The molecular formula is C14H19NO. The van der Waals surface area contributed by atoms with Gasteiger partial charge in [0.25, 0.3) is 0 Å². The summed E-state index contributed by atoms with van der Waals surface area (Å²) in [5, 5.41) is 4.23. The Bertz CT molecular complexity index is 339. The third kappa shape index (κ3) is 2.63. The number of hydrogen-bond acceptors (Lipinski definition) is 2. The van der Waals surface area contributed by atoms with Crippen LogP contribution in [0.2, 0.25) is 0 Å². The van der Waals surface area contributed by atoms with Crippen LogP contribution in [0.1, 0.15) is 37.7 Å². The third-order valence-electron chi connectivity index (χ3n) is 3.25. The van der Waals surface area contributed by atoms with E-state index in [1.165, 1.54) is 37.7 Å². The molecule has 0 aliphatic heterocycles. The largest absolute Gasteiger partial charge is 0.399 e. The van der Waals surface area contributed by atoms with E-state index in [9.17, 15) is 0 Å². The monoisotopic (exact) mass is 217 g/mol. The maximum Gasteiger partial charge on any atom is 0.106 e. The summed E-state index contributed by atoms with van der Waals surface area (Å²) in [7, 11) is 1.63.